The van der Waals surface area contributed by atoms with Gasteiger partial charge in [-0.2, -0.15) is 0 Å². The van der Waals surface area contributed by atoms with E-state index in [9.17, 15) is 4.79 Å². The Kier molecular flexibility index (Phi) is 8.33. The molecule has 0 aromatic rings. The molecule has 0 rings (SSSR count). The first-order valence-electron chi connectivity index (χ1n) is 5.53. The van der Waals surface area contributed by atoms with Crippen molar-refractivity contribution in [1.82, 2.24) is 4.90 Å². The molecule has 0 saturated carbocycles. The molecule has 0 aromatic carbocycles. The summed E-state index contributed by atoms with van der Waals surface area (Å²) in [6.07, 6.45) is 0. The van der Waals surface area contributed by atoms with Gasteiger partial charge in [-0.3, -0.25) is 4.79 Å². The van der Waals surface area contributed by atoms with Crippen LogP contribution in [0.4, 0.5) is 0 Å². The third-order valence-corrected chi connectivity index (χ3v) is 2.34. The van der Waals surface area contributed by atoms with Crippen molar-refractivity contribution in [3.63, 3.8) is 0 Å². The second kappa shape index (κ2) is 8.68. The molecule has 0 radical (unpaired) electrons. The standard InChI is InChI=1S/C11H23NO3/c1-5-12(7-8-15-6-2)9-10(3)11(13)14-4/h10H,5-9H2,1-4H3. The number of likely N-dealkylation sites (N-methyl/N-ethyl adjacent to an activating group) is 1. The van der Waals surface area contributed by atoms with Gasteiger partial charge in [0.1, 0.15) is 0 Å². The van der Waals surface area contributed by atoms with Gasteiger partial charge in [0.25, 0.3) is 0 Å². The fourth-order valence-electron chi connectivity index (χ4n) is 1.38. The van der Waals surface area contributed by atoms with Crippen LogP contribution in [0.2, 0.25) is 0 Å². The molecule has 15 heavy (non-hydrogen) atoms. The van der Waals surface area contributed by atoms with Crippen LogP contribution in [0.1, 0.15) is 20.8 Å². The molecule has 0 aliphatic carbocycles. The van der Waals surface area contributed by atoms with Gasteiger partial charge in [-0.25, -0.2) is 0 Å². The maximum Gasteiger partial charge on any atom is 0.309 e. The predicted octanol–water partition coefficient (Wildman–Crippen LogP) is 1.15. The molecule has 4 nitrogen and oxygen atoms in total. The van der Waals surface area contributed by atoms with Gasteiger partial charge in [-0.05, 0) is 13.5 Å². The van der Waals surface area contributed by atoms with Crippen LogP contribution in [0.15, 0.2) is 0 Å². The van der Waals surface area contributed by atoms with E-state index in [0.717, 1.165) is 32.8 Å². The van der Waals surface area contributed by atoms with Crippen LogP contribution in [0.25, 0.3) is 0 Å². The molecule has 4 heteroatoms. The largest absolute Gasteiger partial charge is 0.469 e. The van der Waals surface area contributed by atoms with E-state index < -0.39 is 0 Å². The topological polar surface area (TPSA) is 38.8 Å². The zero-order valence-electron chi connectivity index (χ0n) is 10.3. The second-order valence-corrected chi connectivity index (χ2v) is 3.51. The van der Waals surface area contributed by atoms with Crippen LogP contribution in [-0.2, 0) is 14.3 Å². The Morgan fingerprint density at radius 3 is 2.53 bits per heavy atom. The van der Waals surface area contributed by atoms with Crippen LogP contribution in [0, 0.1) is 5.92 Å². The second-order valence-electron chi connectivity index (χ2n) is 3.51. The molecule has 0 aromatic heterocycles. The van der Waals surface area contributed by atoms with E-state index in [1.807, 2.05) is 13.8 Å². The molecular formula is C11H23NO3. The van der Waals surface area contributed by atoms with Crippen LogP contribution in [0.5, 0.6) is 0 Å². The summed E-state index contributed by atoms with van der Waals surface area (Å²) in [7, 11) is 1.43. The number of hydrogen-bond donors (Lipinski definition) is 0. The highest BCUT2D eigenvalue weighted by molar-refractivity contribution is 5.72. The Balaban J connectivity index is 3.81. The van der Waals surface area contributed by atoms with Crippen molar-refractivity contribution in [3.8, 4) is 0 Å². The zero-order valence-corrected chi connectivity index (χ0v) is 10.3. The summed E-state index contributed by atoms with van der Waals surface area (Å²) in [6, 6.07) is 0. The summed E-state index contributed by atoms with van der Waals surface area (Å²) in [5.74, 6) is -0.221. The molecule has 0 amide bonds. The molecule has 0 N–H and O–H groups in total. The first-order valence-corrected chi connectivity index (χ1v) is 5.53. The lowest BCUT2D eigenvalue weighted by Crippen LogP contribution is -2.34. The fourth-order valence-corrected chi connectivity index (χ4v) is 1.38. The molecule has 0 bridgehead atoms. The number of rotatable bonds is 8. The summed E-state index contributed by atoms with van der Waals surface area (Å²) >= 11 is 0. The molecule has 0 aliphatic heterocycles. The molecule has 0 aliphatic rings. The molecule has 1 unspecified atom stereocenters. The molecule has 0 spiro atoms. The average molecular weight is 217 g/mol. The first-order chi connectivity index (χ1) is 7.15. The van der Waals surface area contributed by atoms with Crippen molar-refractivity contribution in [3.05, 3.63) is 0 Å². The number of esters is 1. The number of hydrogen-bond acceptors (Lipinski definition) is 4. The Labute approximate surface area is 92.5 Å². The highest BCUT2D eigenvalue weighted by Gasteiger charge is 2.16. The minimum absolute atomic E-state index is 0.0726. The quantitative estimate of drug-likeness (QED) is 0.451. The van der Waals surface area contributed by atoms with Crippen LogP contribution >= 0.6 is 0 Å². The fraction of sp³-hybridized carbons (Fsp3) is 0.909. The summed E-state index contributed by atoms with van der Waals surface area (Å²) in [5, 5.41) is 0. The molecule has 0 heterocycles. The average Bonchev–Trinajstić information content (AvgIpc) is 2.26. The lowest BCUT2D eigenvalue weighted by molar-refractivity contribution is -0.145. The lowest BCUT2D eigenvalue weighted by atomic mass is 10.1. The van der Waals surface area contributed by atoms with Gasteiger partial charge in [-0.15, -0.1) is 0 Å². The number of nitrogens with zero attached hydrogens (tertiary/aromatic N) is 1. The van der Waals surface area contributed by atoms with Crippen molar-refractivity contribution in [2.45, 2.75) is 20.8 Å². The van der Waals surface area contributed by atoms with Gasteiger partial charge in [0, 0.05) is 19.7 Å². The maximum absolute atomic E-state index is 11.2. The van der Waals surface area contributed by atoms with E-state index in [1.54, 1.807) is 0 Å². The van der Waals surface area contributed by atoms with E-state index in [4.69, 9.17) is 4.74 Å². The summed E-state index contributed by atoms with van der Waals surface area (Å²) < 4.78 is 9.96. The number of carbonyl (C=O) groups excluding carboxylic acids is 1. The van der Waals surface area contributed by atoms with Crippen LogP contribution < -0.4 is 0 Å². The SMILES string of the molecule is CCOCCN(CC)CC(C)C(=O)OC. The molecule has 0 saturated heterocycles. The Morgan fingerprint density at radius 2 is 2.07 bits per heavy atom. The minimum atomic E-state index is -0.148. The zero-order chi connectivity index (χ0) is 11.7. The van der Waals surface area contributed by atoms with Crippen molar-refractivity contribution >= 4 is 5.97 Å². The number of methoxy groups -OCH3 is 1. The van der Waals surface area contributed by atoms with Crippen LogP contribution in [0.3, 0.4) is 0 Å². The van der Waals surface area contributed by atoms with Gasteiger partial charge in [0.05, 0.1) is 19.6 Å². The van der Waals surface area contributed by atoms with Gasteiger partial charge in [0.2, 0.25) is 0 Å². The van der Waals surface area contributed by atoms with Gasteiger partial charge < -0.3 is 14.4 Å². The van der Waals surface area contributed by atoms with E-state index in [-0.39, 0.29) is 11.9 Å². The highest BCUT2D eigenvalue weighted by atomic mass is 16.5. The summed E-state index contributed by atoms with van der Waals surface area (Å²) in [4.78, 5) is 13.4. The first kappa shape index (κ1) is 14.4. The summed E-state index contributed by atoms with van der Waals surface area (Å²) in [5.41, 5.74) is 0. The van der Waals surface area contributed by atoms with Gasteiger partial charge in [-0.1, -0.05) is 13.8 Å². The number of ether oxygens (including phenoxy) is 2. The monoisotopic (exact) mass is 217 g/mol. The van der Waals surface area contributed by atoms with Crippen molar-refractivity contribution in [2.75, 3.05) is 40.0 Å². The minimum Gasteiger partial charge on any atom is -0.469 e. The Morgan fingerprint density at radius 1 is 1.40 bits per heavy atom. The van der Waals surface area contributed by atoms with Gasteiger partial charge >= 0.3 is 5.97 Å². The van der Waals surface area contributed by atoms with Crippen LogP contribution in [-0.4, -0.2) is 50.8 Å². The highest BCUT2D eigenvalue weighted by Crippen LogP contribution is 2.01. The molecule has 0 fully saturated rings. The molecular weight excluding hydrogens is 194 g/mol. The van der Waals surface area contributed by atoms with E-state index >= 15 is 0 Å². The predicted molar refractivity (Wildman–Crippen MR) is 59.8 cm³/mol. The molecule has 1 atom stereocenters. The van der Waals surface area contributed by atoms with E-state index in [2.05, 4.69) is 16.6 Å². The van der Waals surface area contributed by atoms with Gasteiger partial charge in [0.15, 0.2) is 0 Å². The smallest absolute Gasteiger partial charge is 0.309 e. The van der Waals surface area contributed by atoms with Crippen molar-refractivity contribution < 1.29 is 14.3 Å². The normalized spacial score (nSPS) is 12.9. The molecule has 90 valence electrons. The maximum atomic E-state index is 11.2. The van der Waals surface area contributed by atoms with Crippen molar-refractivity contribution in [2.24, 2.45) is 5.92 Å². The third-order valence-electron chi connectivity index (χ3n) is 2.34. The van der Waals surface area contributed by atoms with E-state index in [1.165, 1.54) is 7.11 Å². The number of carbonyl (C=O) groups is 1. The Hall–Kier alpha value is -0.610. The Bertz CT molecular complexity index is 173. The van der Waals surface area contributed by atoms with Crippen molar-refractivity contribution in [1.29, 1.82) is 0 Å². The summed E-state index contributed by atoms with van der Waals surface area (Å²) in [6.45, 7) is 9.93. The lowest BCUT2D eigenvalue weighted by Gasteiger charge is -2.22. The van der Waals surface area contributed by atoms with E-state index in [0.29, 0.717) is 0 Å². The third kappa shape index (κ3) is 6.47.